The lowest BCUT2D eigenvalue weighted by Crippen LogP contribution is -2.61. The van der Waals surface area contributed by atoms with Crippen molar-refractivity contribution in [2.24, 2.45) is 5.73 Å². The van der Waals surface area contributed by atoms with Crippen molar-refractivity contribution in [1.29, 1.82) is 0 Å². The number of nitrogens with two attached hydrogens (primary N) is 1. The fourth-order valence-corrected chi connectivity index (χ4v) is 1.96. The standard InChI is InChI=1S/C10H11BrN2O2/c1-15-6-2-3-7(11)9(4-6)13-5-8(12)10(13)14/h2-4,8H,5,12H2,1H3. The summed E-state index contributed by atoms with van der Waals surface area (Å²) in [6.07, 6.45) is 0. The number of rotatable bonds is 2. The minimum Gasteiger partial charge on any atom is -0.497 e. The largest absolute Gasteiger partial charge is 0.497 e. The van der Waals surface area contributed by atoms with Crippen LogP contribution < -0.4 is 15.4 Å². The molecule has 1 amide bonds. The Hall–Kier alpha value is -1.07. The van der Waals surface area contributed by atoms with E-state index in [2.05, 4.69) is 15.9 Å². The Bertz CT molecular complexity index is 408. The third-order valence-electron chi connectivity index (χ3n) is 2.41. The highest BCUT2D eigenvalue weighted by molar-refractivity contribution is 9.10. The van der Waals surface area contributed by atoms with Gasteiger partial charge in [0.2, 0.25) is 5.91 Å². The molecule has 80 valence electrons. The Morgan fingerprint density at radius 3 is 2.87 bits per heavy atom. The van der Waals surface area contributed by atoms with Crippen LogP contribution in [0.4, 0.5) is 5.69 Å². The van der Waals surface area contributed by atoms with Gasteiger partial charge in [0.1, 0.15) is 11.8 Å². The quantitative estimate of drug-likeness (QED) is 0.820. The topological polar surface area (TPSA) is 55.6 Å². The van der Waals surface area contributed by atoms with Crippen molar-refractivity contribution in [3.05, 3.63) is 22.7 Å². The zero-order chi connectivity index (χ0) is 11.0. The number of carbonyl (C=O) groups excluding carboxylic acids is 1. The summed E-state index contributed by atoms with van der Waals surface area (Å²) in [5.74, 6) is 0.672. The van der Waals surface area contributed by atoms with Crippen LogP contribution in [0.15, 0.2) is 22.7 Å². The third-order valence-corrected chi connectivity index (χ3v) is 3.08. The van der Waals surface area contributed by atoms with Crippen molar-refractivity contribution in [3.63, 3.8) is 0 Å². The molecule has 0 aliphatic carbocycles. The van der Waals surface area contributed by atoms with E-state index >= 15 is 0 Å². The van der Waals surface area contributed by atoms with Crippen molar-refractivity contribution in [1.82, 2.24) is 0 Å². The number of anilines is 1. The van der Waals surface area contributed by atoms with E-state index in [9.17, 15) is 4.79 Å². The van der Waals surface area contributed by atoms with Crippen LogP contribution in [0.5, 0.6) is 5.75 Å². The molecule has 0 saturated carbocycles. The minimum atomic E-state index is -0.358. The molecule has 0 spiro atoms. The van der Waals surface area contributed by atoms with E-state index in [0.717, 1.165) is 15.9 Å². The highest BCUT2D eigenvalue weighted by atomic mass is 79.9. The van der Waals surface area contributed by atoms with Crippen molar-refractivity contribution in [2.45, 2.75) is 6.04 Å². The Labute approximate surface area is 96.1 Å². The molecule has 1 atom stereocenters. The summed E-state index contributed by atoms with van der Waals surface area (Å²) in [6.45, 7) is 0.560. The average molecular weight is 271 g/mol. The predicted molar refractivity (Wildman–Crippen MR) is 61.0 cm³/mol. The van der Waals surface area contributed by atoms with Crippen LogP contribution in [-0.2, 0) is 4.79 Å². The number of carbonyl (C=O) groups is 1. The fourth-order valence-electron chi connectivity index (χ4n) is 1.50. The zero-order valence-electron chi connectivity index (χ0n) is 8.24. The van der Waals surface area contributed by atoms with Crippen molar-refractivity contribution in [2.75, 3.05) is 18.6 Å². The van der Waals surface area contributed by atoms with E-state index in [0.29, 0.717) is 6.54 Å². The Morgan fingerprint density at radius 1 is 1.60 bits per heavy atom. The molecule has 2 rings (SSSR count). The van der Waals surface area contributed by atoms with Crippen LogP contribution in [0.25, 0.3) is 0 Å². The lowest BCUT2D eigenvalue weighted by Gasteiger charge is -2.36. The first kappa shape index (κ1) is 10.4. The number of ether oxygens (including phenoxy) is 1. The average Bonchev–Trinajstić information content (AvgIpc) is 2.26. The van der Waals surface area contributed by atoms with E-state index in [1.807, 2.05) is 18.2 Å². The summed E-state index contributed by atoms with van der Waals surface area (Å²) in [5, 5.41) is 0. The first-order valence-corrected chi connectivity index (χ1v) is 5.33. The van der Waals surface area contributed by atoms with Crippen molar-refractivity contribution >= 4 is 27.5 Å². The molecule has 1 heterocycles. The number of halogens is 1. The van der Waals surface area contributed by atoms with Crippen LogP contribution in [0, 0.1) is 0 Å². The highest BCUT2D eigenvalue weighted by Crippen LogP contribution is 2.33. The van der Waals surface area contributed by atoms with Gasteiger partial charge in [0.25, 0.3) is 0 Å². The van der Waals surface area contributed by atoms with Gasteiger partial charge in [-0.3, -0.25) is 4.79 Å². The van der Waals surface area contributed by atoms with Crippen LogP contribution in [-0.4, -0.2) is 25.6 Å². The number of β-lactam (4-membered cyclic amide) rings is 1. The van der Waals surface area contributed by atoms with Gasteiger partial charge >= 0.3 is 0 Å². The van der Waals surface area contributed by atoms with Crippen LogP contribution in [0.2, 0.25) is 0 Å². The predicted octanol–water partition coefficient (Wildman–Crippen LogP) is 1.13. The lowest BCUT2D eigenvalue weighted by molar-refractivity contribution is -0.123. The maximum Gasteiger partial charge on any atom is 0.245 e. The molecular formula is C10H11BrN2O2. The molecule has 1 unspecified atom stereocenters. The van der Waals surface area contributed by atoms with Gasteiger partial charge in [-0.1, -0.05) is 0 Å². The molecular weight excluding hydrogens is 260 g/mol. The molecule has 1 aliphatic rings. The Morgan fingerprint density at radius 2 is 2.33 bits per heavy atom. The fraction of sp³-hybridized carbons (Fsp3) is 0.300. The van der Waals surface area contributed by atoms with Gasteiger partial charge in [-0.15, -0.1) is 0 Å². The third kappa shape index (κ3) is 1.72. The number of methoxy groups -OCH3 is 1. The van der Waals surface area contributed by atoms with Gasteiger partial charge in [-0.2, -0.15) is 0 Å². The first-order chi connectivity index (χ1) is 7.13. The highest BCUT2D eigenvalue weighted by Gasteiger charge is 2.35. The molecule has 1 fully saturated rings. The van der Waals surface area contributed by atoms with E-state index in [1.54, 1.807) is 12.0 Å². The molecule has 15 heavy (non-hydrogen) atoms. The van der Waals surface area contributed by atoms with E-state index in [-0.39, 0.29) is 11.9 Å². The molecule has 1 aromatic rings. The monoisotopic (exact) mass is 270 g/mol. The number of benzene rings is 1. The summed E-state index contributed by atoms with van der Waals surface area (Å²) < 4.78 is 5.97. The molecule has 5 heteroatoms. The van der Waals surface area contributed by atoms with Crippen LogP contribution in [0.1, 0.15) is 0 Å². The van der Waals surface area contributed by atoms with Gasteiger partial charge in [0.15, 0.2) is 0 Å². The Balaban J connectivity index is 2.31. The molecule has 2 N–H and O–H groups in total. The maximum absolute atomic E-state index is 11.5. The SMILES string of the molecule is COc1ccc(Br)c(N2CC(N)C2=O)c1. The number of hydrogen-bond acceptors (Lipinski definition) is 3. The number of nitrogens with zero attached hydrogens (tertiary/aromatic N) is 1. The normalized spacial score (nSPS) is 20.1. The van der Waals surface area contributed by atoms with Gasteiger partial charge in [-0.05, 0) is 28.1 Å². The molecule has 1 aliphatic heterocycles. The van der Waals surface area contributed by atoms with Crippen molar-refractivity contribution in [3.8, 4) is 5.75 Å². The second-order valence-corrected chi connectivity index (χ2v) is 4.23. The number of amides is 1. The van der Waals surface area contributed by atoms with Gasteiger partial charge in [-0.25, -0.2) is 0 Å². The zero-order valence-corrected chi connectivity index (χ0v) is 9.82. The minimum absolute atomic E-state index is 0.0519. The van der Waals surface area contributed by atoms with Gasteiger partial charge < -0.3 is 15.4 Å². The summed E-state index contributed by atoms with van der Waals surface area (Å²) in [7, 11) is 1.59. The smallest absolute Gasteiger partial charge is 0.245 e. The first-order valence-electron chi connectivity index (χ1n) is 4.54. The molecule has 0 bridgehead atoms. The second kappa shape index (κ2) is 3.83. The van der Waals surface area contributed by atoms with Crippen LogP contribution in [0.3, 0.4) is 0 Å². The summed E-state index contributed by atoms with van der Waals surface area (Å²) in [5.41, 5.74) is 6.34. The molecule has 0 radical (unpaired) electrons. The molecule has 4 nitrogen and oxygen atoms in total. The Kier molecular flexibility index (Phi) is 2.67. The van der Waals surface area contributed by atoms with Crippen LogP contribution >= 0.6 is 15.9 Å². The van der Waals surface area contributed by atoms with Gasteiger partial charge in [0.05, 0.1) is 19.3 Å². The van der Waals surface area contributed by atoms with Gasteiger partial charge in [0, 0.05) is 10.5 Å². The van der Waals surface area contributed by atoms with E-state index in [4.69, 9.17) is 10.5 Å². The van der Waals surface area contributed by atoms with E-state index in [1.165, 1.54) is 0 Å². The van der Waals surface area contributed by atoms with E-state index < -0.39 is 0 Å². The summed E-state index contributed by atoms with van der Waals surface area (Å²) in [6, 6.07) is 5.14. The molecule has 1 aromatic carbocycles. The second-order valence-electron chi connectivity index (χ2n) is 3.37. The molecule has 1 saturated heterocycles. The number of hydrogen-bond donors (Lipinski definition) is 1. The lowest BCUT2D eigenvalue weighted by atomic mass is 10.1. The summed E-state index contributed by atoms with van der Waals surface area (Å²) in [4.78, 5) is 13.1. The summed E-state index contributed by atoms with van der Waals surface area (Å²) >= 11 is 3.39. The molecule has 0 aromatic heterocycles. The van der Waals surface area contributed by atoms with Crippen molar-refractivity contribution < 1.29 is 9.53 Å². The maximum atomic E-state index is 11.5.